The van der Waals surface area contributed by atoms with E-state index in [0.717, 1.165) is 0 Å². The molecule has 2 atom stereocenters. The zero-order chi connectivity index (χ0) is 17.1. The summed E-state index contributed by atoms with van der Waals surface area (Å²) in [5.41, 5.74) is 0.207. The number of carbonyl (C=O) groups excluding carboxylic acids is 1. The van der Waals surface area contributed by atoms with Crippen LogP contribution in [0.3, 0.4) is 0 Å². The number of aromatic amines is 1. The second-order valence-corrected chi connectivity index (χ2v) is 5.23. The lowest BCUT2D eigenvalue weighted by Crippen LogP contribution is -2.45. The van der Waals surface area contributed by atoms with Crippen LogP contribution in [-0.4, -0.2) is 38.1 Å². The van der Waals surface area contributed by atoms with Crippen molar-refractivity contribution in [2.75, 3.05) is 0 Å². The SMILES string of the molecule is CCC(C)C(NC(=O)c1n[nH]c2ccc([N+](=O)[O-])cc12)C(=O)O. The Balaban J connectivity index is 2.35. The normalized spacial score (nSPS) is 13.5. The number of hydrogen-bond donors (Lipinski definition) is 3. The maximum atomic E-state index is 12.3. The van der Waals surface area contributed by atoms with E-state index in [1.54, 1.807) is 6.92 Å². The van der Waals surface area contributed by atoms with Crippen molar-refractivity contribution in [3.05, 3.63) is 34.0 Å². The Morgan fingerprint density at radius 1 is 1.48 bits per heavy atom. The van der Waals surface area contributed by atoms with Gasteiger partial charge in [0.05, 0.1) is 10.4 Å². The monoisotopic (exact) mass is 320 g/mol. The molecule has 3 N–H and O–H groups in total. The predicted octanol–water partition coefficient (Wildman–Crippen LogP) is 1.70. The van der Waals surface area contributed by atoms with Gasteiger partial charge < -0.3 is 10.4 Å². The van der Waals surface area contributed by atoms with E-state index in [1.807, 2.05) is 6.92 Å². The van der Waals surface area contributed by atoms with Gasteiger partial charge in [0.15, 0.2) is 5.69 Å². The topological polar surface area (TPSA) is 138 Å². The Morgan fingerprint density at radius 2 is 2.17 bits per heavy atom. The van der Waals surface area contributed by atoms with E-state index in [4.69, 9.17) is 0 Å². The summed E-state index contributed by atoms with van der Waals surface area (Å²) < 4.78 is 0. The van der Waals surface area contributed by atoms with Gasteiger partial charge in [0.1, 0.15) is 6.04 Å². The van der Waals surface area contributed by atoms with Crippen molar-refractivity contribution >= 4 is 28.5 Å². The first-order chi connectivity index (χ1) is 10.8. The van der Waals surface area contributed by atoms with Gasteiger partial charge in [-0.05, 0) is 12.0 Å². The number of amides is 1. The third kappa shape index (κ3) is 3.28. The van der Waals surface area contributed by atoms with Gasteiger partial charge in [-0.1, -0.05) is 20.3 Å². The number of carbonyl (C=O) groups is 2. The highest BCUT2D eigenvalue weighted by atomic mass is 16.6. The fourth-order valence-corrected chi connectivity index (χ4v) is 2.18. The summed E-state index contributed by atoms with van der Waals surface area (Å²) in [7, 11) is 0. The lowest BCUT2D eigenvalue weighted by molar-refractivity contribution is -0.384. The first kappa shape index (κ1) is 16.4. The highest BCUT2D eigenvalue weighted by Crippen LogP contribution is 2.22. The van der Waals surface area contributed by atoms with E-state index < -0.39 is 22.8 Å². The van der Waals surface area contributed by atoms with Crippen molar-refractivity contribution in [2.45, 2.75) is 26.3 Å². The average Bonchev–Trinajstić information content (AvgIpc) is 2.94. The molecule has 0 fully saturated rings. The van der Waals surface area contributed by atoms with Gasteiger partial charge in [-0.15, -0.1) is 0 Å². The second-order valence-electron chi connectivity index (χ2n) is 5.23. The molecule has 0 aliphatic heterocycles. The van der Waals surface area contributed by atoms with Crippen LogP contribution < -0.4 is 5.32 Å². The van der Waals surface area contributed by atoms with Crippen molar-refractivity contribution in [1.29, 1.82) is 0 Å². The Bertz CT molecular complexity index is 770. The molecule has 2 aromatic rings. The molecule has 0 spiro atoms. The number of rotatable bonds is 6. The highest BCUT2D eigenvalue weighted by Gasteiger charge is 2.27. The number of fused-ring (bicyclic) bond motifs is 1. The minimum Gasteiger partial charge on any atom is -0.480 e. The van der Waals surface area contributed by atoms with Crippen LogP contribution in [0.25, 0.3) is 10.9 Å². The summed E-state index contributed by atoms with van der Waals surface area (Å²) in [4.78, 5) is 33.9. The lowest BCUT2D eigenvalue weighted by atomic mass is 9.99. The molecule has 1 amide bonds. The van der Waals surface area contributed by atoms with Gasteiger partial charge >= 0.3 is 5.97 Å². The van der Waals surface area contributed by atoms with Crippen LogP contribution in [0.5, 0.6) is 0 Å². The first-order valence-electron chi connectivity index (χ1n) is 7.01. The summed E-state index contributed by atoms with van der Waals surface area (Å²) >= 11 is 0. The van der Waals surface area contributed by atoms with Crippen LogP contribution in [-0.2, 0) is 4.79 Å². The van der Waals surface area contributed by atoms with Gasteiger partial charge in [0.25, 0.3) is 11.6 Å². The molecule has 1 aromatic heterocycles. The third-order valence-electron chi connectivity index (χ3n) is 3.74. The molecular formula is C14H16N4O5. The molecule has 0 radical (unpaired) electrons. The molecule has 0 saturated heterocycles. The second kappa shape index (κ2) is 6.42. The number of H-pyrrole nitrogens is 1. The number of carboxylic acids is 1. The van der Waals surface area contributed by atoms with Gasteiger partial charge in [-0.2, -0.15) is 5.10 Å². The molecule has 1 heterocycles. The molecule has 9 heteroatoms. The van der Waals surface area contributed by atoms with Gasteiger partial charge in [0, 0.05) is 17.5 Å². The van der Waals surface area contributed by atoms with Crippen LogP contribution >= 0.6 is 0 Å². The van der Waals surface area contributed by atoms with Gasteiger partial charge in [-0.25, -0.2) is 4.79 Å². The van der Waals surface area contributed by atoms with Crippen LogP contribution in [0, 0.1) is 16.0 Å². The molecular weight excluding hydrogens is 304 g/mol. The van der Waals surface area contributed by atoms with E-state index >= 15 is 0 Å². The summed E-state index contributed by atoms with van der Waals surface area (Å²) in [5, 5.41) is 29.2. The number of nitrogens with one attached hydrogen (secondary N) is 2. The highest BCUT2D eigenvalue weighted by molar-refractivity contribution is 6.06. The Morgan fingerprint density at radius 3 is 2.74 bits per heavy atom. The smallest absolute Gasteiger partial charge is 0.326 e. The summed E-state index contributed by atoms with van der Waals surface area (Å²) in [6, 6.07) is 2.91. The van der Waals surface area contributed by atoms with Crippen LogP contribution in [0.1, 0.15) is 30.8 Å². The standard InChI is InChI=1S/C14H16N4O5/c1-3-7(2)11(14(20)21)15-13(19)12-9-6-8(18(22)23)4-5-10(9)16-17-12/h4-7,11H,3H2,1-2H3,(H,15,19)(H,16,17)(H,20,21). The van der Waals surface area contributed by atoms with Crippen molar-refractivity contribution in [3.63, 3.8) is 0 Å². The Hall–Kier alpha value is -2.97. The Kier molecular flexibility index (Phi) is 4.58. The molecule has 9 nitrogen and oxygen atoms in total. The molecule has 122 valence electrons. The number of nitro groups is 1. The minimum absolute atomic E-state index is 0.0711. The third-order valence-corrected chi connectivity index (χ3v) is 3.74. The van der Waals surface area contributed by atoms with Gasteiger partial charge in [0.2, 0.25) is 0 Å². The van der Waals surface area contributed by atoms with Gasteiger partial charge in [-0.3, -0.25) is 20.0 Å². The zero-order valence-electron chi connectivity index (χ0n) is 12.6. The van der Waals surface area contributed by atoms with Crippen LogP contribution in [0.2, 0.25) is 0 Å². The largest absolute Gasteiger partial charge is 0.480 e. The van der Waals surface area contributed by atoms with Crippen molar-refractivity contribution < 1.29 is 19.6 Å². The fraction of sp³-hybridized carbons (Fsp3) is 0.357. The lowest BCUT2D eigenvalue weighted by Gasteiger charge is -2.19. The number of aliphatic carboxylic acids is 1. The number of aromatic nitrogens is 2. The van der Waals surface area contributed by atoms with Crippen molar-refractivity contribution in [1.82, 2.24) is 15.5 Å². The molecule has 0 aliphatic rings. The van der Waals surface area contributed by atoms with E-state index in [2.05, 4.69) is 15.5 Å². The molecule has 1 aromatic carbocycles. The number of nitrogens with zero attached hydrogens (tertiary/aromatic N) is 2. The minimum atomic E-state index is -1.14. The molecule has 0 saturated carbocycles. The number of carboxylic acid groups (broad SMARTS) is 1. The maximum absolute atomic E-state index is 12.3. The first-order valence-corrected chi connectivity index (χ1v) is 7.01. The van der Waals surface area contributed by atoms with Crippen LogP contribution in [0.4, 0.5) is 5.69 Å². The maximum Gasteiger partial charge on any atom is 0.326 e. The summed E-state index contributed by atoms with van der Waals surface area (Å²) in [6.45, 7) is 3.53. The quantitative estimate of drug-likeness (QED) is 0.547. The number of hydrogen-bond acceptors (Lipinski definition) is 5. The molecule has 2 rings (SSSR count). The number of nitro benzene ring substituents is 1. The van der Waals surface area contributed by atoms with Crippen molar-refractivity contribution in [3.8, 4) is 0 Å². The average molecular weight is 320 g/mol. The van der Waals surface area contributed by atoms with E-state index in [-0.39, 0.29) is 22.7 Å². The number of benzene rings is 1. The molecule has 23 heavy (non-hydrogen) atoms. The van der Waals surface area contributed by atoms with Crippen molar-refractivity contribution in [2.24, 2.45) is 5.92 Å². The Labute approximate surface area is 130 Å². The molecule has 2 unspecified atom stereocenters. The number of non-ortho nitro benzene ring substituents is 1. The van der Waals surface area contributed by atoms with Crippen LogP contribution in [0.15, 0.2) is 18.2 Å². The predicted molar refractivity (Wildman–Crippen MR) is 81.1 cm³/mol. The summed E-state index contributed by atoms with van der Waals surface area (Å²) in [5.74, 6) is -2.10. The fourth-order valence-electron chi connectivity index (χ4n) is 2.18. The molecule has 0 bridgehead atoms. The zero-order valence-corrected chi connectivity index (χ0v) is 12.6. The van der Waals surface area contributed by atoms with E-state index in [9.17, 15) is 24.8 Å². The van der Waals surface area contributed by atoms with E-state index in [1.165, 1.54) is 18.2 Å². The van der Waals surface area contributed by atoms with E-state index in [0.29, 0.717) is 11.9 Å². The molecule has 0 aliphatic carbocycles. The summed E-state index contributed by atoms with van der Waals surface area (Å²) in [6.07, 6.45) is 0.573.